The first-order valence-corrected chi connectivity index (χ1v) is 11.0. The number of aromatic nitrogens is 2. The van der Waals surface area contributed by atoms with Crippen LogP contribution < -0.4 is 5.56 Å². The monoisotopic (exact) mass is 447 g/mol. The summed E-state index contributed by atoms with van der Waals surface area (Å²) in [7, 11) is 0. The number of amides is 1. The fraction of sp³-hybridized carbons (Fsp3) is 0.269. The molecule has 0 saturated carbocycles. The maximum atomic E-state index is 14.3. The molecule has 0 bridgehead atoms. The Kier molecular flexibility index (Phi) is 5.89. The molecule has 1 aromatic heterocycles. The van der Waals surface area contributed by atoms with Gasteiger partial charge in [0.25, 0.3) is 11.5 Å². The first-order valence-electron chi connectivity index (χ1n) is 11.0. The number of benzene rings is 2. The molecule has 3 aromatic rings. The van der Waals surface area contributed by atoms with Crippen LogP contribution in [0.2, 0.25) is 0 Å². The summed E-state index contributed by atoms with van der Waals surface area (Å²) in [5.41, 5.74) is 1.42. The van der Waals surface area contributed by atoms with Gasteiger partial charge in [0.1, 0.15) is 16.9 Å². The van der Waals surface area contributed by atoms with Crippen molar-refractivity contribution in [2.45, 2.75) is 32.9 Å². The highest BCUT2D eigenvalue weighted by molar-refractivity contribution is 6.04. The quantitative estimate of drug-likeness (QED) is 0.586. The van der Waals surface area contributed by atoms with Crippen molar-refractivity contribution in [1.29, 1.82) is 0 Å². The van der Waals surface area contributed by atoms with E-state index in [0.29, 0.717) is 40.9 Å². The van der Waals surface area contributed by atoms with E-state index >= 15 is 0 Å². The van der Waals surface area contributed by atoms with Gasteiger partial charge in [-0.25, -0.2) is 9.37 Å². The number of H-pyrrole nitrogens is 1. The van der Waals surface area contributed by atoms with E-state index in [1.54, 1.807) is 47.4 Å². The number of halogens is 1. The number of phenols is 1. The molecule has 1 atom stereocenters. The predicted octanol–water partition coefficient (Wildman–Crippen LogP) is 4.85. The number of rotatable bonds is 5. The molecule has 0 saturated heterocycles. The average molecular weight is 448 g/mol. The molecule has 6 nitrogen and oxygen atoms in total. The van der Waals surface area contributed by atoms with E-state index in [9.17, 15) is 19.1 Å². The van der Waals surface area contributed by atoms with Crippen LogP contribution in [0.25, 0.3) is 27.6 Å². The second kappa shape index (κ2) is 8.65. The highest BCUT2D eigenvalue weighted by Crippen LogP contribution is 2.40. The standard InChI is InChI=1S/C26H26FN3O3/c1-4-30(5-2)25(33)18-8-6-17(7-9-18)21-19(16-10-12-26(3,27)13-11-16)14-20(31)23-22(21)24(32)29-15-28-23/h6-12,14-15,31H,4-5,13H2,1-3H3,(H,28,29,32). The minimum Gasteiger partial charge on any atom is -0.506 e. The topological polar surface area (TPSA) is 86.3 Å². The van der Waals surface area contributed by atoms with E-state index in [4.69, 9.17) is 0 Å². The zero-order valence-electron chi connectivity index (χ0n) is 18.9. The molecule has 1 aliphatic rings. The zero-order chi connectivity index (χ0) is 23.8. The molecule has 1 aliphatic carbocycles. The number of aromatic amines is 1. The Morgan fingerprint density at radius 1 is 1.24 bits per heavy atom. The van der Waals surface area contributed by atoms with Crippen molar-refractivity contribution in [3.63, 3.8) is 0 Å². The Morgan fingerprint density at radius 3 is 2.55 bits per heavy atom. The molecule has 0 radical (unpaired) electrons. The van der Waals surface area contributed by atoms with Gasteiger partial charge in [-0.15, -0.1) is 0 Å². The summed E-state index contributed by atoms with van der Waals surface area (Å²) in [6, 6.07) is 8.57. The van der Waals surface area contributed by atoms with Crippen molar-refractivity contribution in [1.82, 2.24) is 14.9 Å². The van der Waals surface area contributed by atoms with Crippen LogP contribution in [0.4, 0.5) is 4.39 Å². The molecule has 0 spiro atoms. The summed E-state index contributed by atoms with van der Waals surface area (Å²) < 4.78 is 14.3. The fourth-order valence-corrected chi connectivity index (χ4v) is 4.15. The molecule has 33 heavy (non-hydrogen) atoms. The Hall–Kier alpha value is -3.74. The van der Waals surface area contributed by atoms with Crippen molar-refractivity contribution in [2.75, 3.05) is 13.1 Å². The van der Waals surface area contributed by atoms with Gasteiger partial charge in [-0.3, -0.25) is 9.59 Å². The van der Waals surface area contributed by atoms with Gasteiger partial charge in [0.15, 0.2) is 0 Å². The van der Waals surface area contributed by atoms with E-state index in [0.717, 1.165) is 0 Å². The van der Waals surface area contributed by atoms with Crippen LogP contribution in [0, 0.1) is 0 Å². The number of nitrogens with zero attached hydrogens (tertiary/aromatic N) is 2. The molecule has 4 rings (SSSR count). The van der Waals surface area contributed by atoms with Crippen molar-refractivity contribution in [3.8, 4) is 16.9 Å². The van der Waals surface area contributed by atoms with Gasteiger partial charge in [-0.2, -0.15) is 0 Å². The third-order valence-corrected chi connectivity index (χ3v) is 6.01. The number of carbonyl (C=O) groups excluding carboxylic acids is 1. The van der Waals surface area contributed by atoms with E-state index in [1.165, 1.54) is 19.3 Å². The van der Waals surface area contributed by atoms with Gasteiger partial charge in [0.2, 0.25) is 0 Å². The first kappa shape index (κ1) is 22.5. The second-order valence-electron chi connectivity index (χ2n) is 8.30. The maximum absolute atomic E-state index is 14.3. The number of alkyl halides is 1. The molecular weight excluding hydrogens is 421 g/mol. The summed E-state index contributed by atoms with van der Waals surface area (Å²) >= 11 is 0. The van der Waals surface area contributed by atoms with Crippen LogP contribution in [0.3, 0.4) is 0 Å². The minimum atomic E-state index is -1.45. The number of hydrogen-bond acceptors (Lipinski definition) is 4. The lowest BCUT2D eigenvalue weighted by Gasteiger charge is -2.21. The lowest BCUT2D eigenvalue weighted by Crippen LogP contribution is -2.30. The first-order chi connectivity index (χ1) is 15.8. The molecule has 1 heterocycles. The Balaban J connectivity index is 1.92. The van der Waals surface area contributed by atoms with Gasteiger partial charge in [0.05, 0.1) is 11.7 Å². The average Bonchev–Trinajstić information content (AvgIpc) is 2.80. The minimum absolute atomic E-state index is 0.0676. The van der Waals surface area contributed by atoms with E-state index < -0.39 is 11.2 Å². The highest BCUT2D eigenvalue weighted by atomic mass is 19.1. The number of allylic oxidation sites excluding steroid dienone is 4. The molecule has 0 aliphatic heterocycles. The SMILES string of the molecule is CCN(CC)C(=O)c1ccc(-c2c(C3=CCC(C)(F)C=C3)cc(O)c3nc[nH]c(=O)c23)cc1. The summed E-state index contributed by atoms with van der Waals surface area (Å²) in [5, 5.41) is 10.9. The van der Waals surface area contributed by atoms with Crippen LogP contribution in [0.1, 0.15) is 43.1 Å². The molecule has 2 aromatic carbocycles. The lowest BCUT2D eigenvalue weighted by molar-refractivity contribution is 0.0773. The number of carbonyl (C=O) groups is 1. The molecule has 2 N–H and O–H groups in total. The Labute approximate surface area is 191 Å². The number of nitrogens with one attached hydrogen (secondary N) is 1. The highest BCUT2D eigenvalue weighted by Gasteiger charge is 2.25. The number of aromatic hydroxyl groups is 1. The van der Waals surface area contributed by atoms with Crippen molar-refractivity contribution in [3.05, 3.63) is 76.4 Å². The Morgan fingerprint density at radius 2 is 1.94 bits per heavy atom. The number of hydrogen-bond donors (Lipinski definition) is 2. The summed E-state index contributed by atoms with van der Waals surface area (Å²) in [6.07, 6.45) is 6.32. The number of phenolic OH excluding ortho intramolecular Hbond substituents is 1. The fourth-order valence-electron chi connectivity index (χ4n) is 4.15. The third kappa shape index (κ3) is 4.18. The van der Waals surface area contributed by atoms with Crippen molar-refractivity contribution in [2.24, 2.45) is 0 Å². The smallest absolute Gasteiger partial charge is 0.259 e. The maximum Gasteiger partial charge on any atom is 0.259 e. The van der Waals surface area contributed by atoms with E-state index in [1.807, 2.05) is 13.8 Å². The van der Waals surface area contributed by atoms with Gasteiger partial charge in [-0.05, 0) is 61.7 Å². The van der Waals surface area contributed by atoms with Crippen LogP contribution in [0.5, 0.6) is 5.75 Å². The summed E-state index contributed by atoms with van der Waals surface area (Å²) in [5.74, 6) is -0.201. The van der Waals surface area contributed by atoms with Crippen LogP contribution in [0.15, 0.2) is 59.7 Å². The van der Waals surface area contributed by atoms with Crippen molar-refractivity contribution >= 4 is 22.4 Å². The second-order valence-corrected chi connectivity index (χ2v) is 8.30. The summed E-state index contributed by atoms with van der Waals surface area (Å²) in [4.78, 5) is 34.0. The third-order valence-electron chi connectivity index (χ3n) is 6.01. The number of fused-ring (bicyclic) bond motifs is 1. The van der Waals surface area contributed by atoms with Gasteiger partial charge in [-0.1, -0.05) is 24.3 Å². The van der Waals surface area contributed by atoms with Gasteiger partial charge >= 0.3 is 0 Å². The molecular formula is C26H26FN3O3. The molecule has 1 unspecified atom stereocenters. The molecule has 0 fully saturated rings. The van der Waals surface area contributed by atoms with Gasteiger partial charge < -0.3 is 15.0 Å². The largest absolute Gasteiger partial charge is 0.506 e. The molecule has 1 amide bonds. The van der Waals surface area contributed by atoms with Crippen LogP contribution >= 0.6 is 0 Å². The normalized spacial score (nSPS) is 17.8. The van der Waals surface area contributed by atoms with Gasteiger partial charge in [0, 0.05) is 30.6 Å². The Bertz CT molecular complexity index is 1330. The van der Waals surface area contributed by atoms with Crippen molar-refractivity contribution < 1.29 is 14.3 Å². The van der Waals surface area contributed by atoms with Crippen LogP contribution in [-0.4, -0.2) is 44.6 Å². The zero-order valence-corrected chi connectivity index (χ0v) is 18.9. The van der Waals surface area contributed by atoms with E-state index in [-0.39, 0.29) is 29.0 Å². The van der Waals surface area contributed by atoms with E-state index in [2.05, 4.69) is 9.97 Å². The predicted molar refractivity (Wildman–Crippen MR) is 128 cm³/mol. The summed E-state index contributed by atoms with van der Waals surface area (Å²) in [6.45, 7) is 6.57. The molecule has 170 valence electrons. The lowest BCUT2D eigenvalue weighted by atomic mass is 9.86. The van der Waals surface area contributed by atoms with Crippen LogP contribution in [-0.2, 0) is 0 Å². The molecule has 7 heteroatoms.